The standard InChI is InChI=1S/C19H16Cl2N2O5/c20-12-1-6-16(15(21)8-12)22-17(24)10-28-14-4-2-13(3-5-14)23-9-11(19(26)27)7-18(23)25/h1-6,8,11H,7,9-10H2,(H,22,24)(H,26,27)/t11-/m1/s1. The first-order valence-electron chi connectivity index (χ1n) is 8.34. The summed E-state index contributed by atoms with van der Waals surface area (Å²) < 4.78 is 5.43. The normalized spacial score (nSPS) is 16.1. The van der Waals surface area contributed by atoms with Crippen LogP contribution < -0.4 is 15.0 Å². The van der Waals surface area contributed by atoms with E-state index in [4.69, 9.17) is 33.0 Å². The van der Waals surface area contributed by atoms with E-state index in [2.05, 4.69) is 5.32 Å². The number of hydrogen-bond donors (Lipinski definition) is 2. The predicted octanol–water partition coefficient (Wildman–Crippen LogP) is 3.45. The Morgan fingerprint density at radius 3 is 2.50 bits per heavy atom. The number of anilines is 2. The fourth-order valence-electron chi connectivity index (χ4n) is 2.77. The number of aliphatic carboxylic acids is 1. The van der Waals surface area contributed by atoms with Crippen LogP contribution in [0.4, 0.5) is 11.4 Å². The van der Waals surface area contributed by atoms with Gasteiger partial charge in [0.2, 0.25) is 5.91 Å². The summed E-state index contributed by atoms with van der Waals surface area (Å²) in [5.74, 6) is -1.88. The Morgan fingerprint density at radius 1 is 1.18 bits per heavy atom. The van der Waals surface area contributed by atoms with Crippen LogP contribution in [-0.2, 0) is 14.4 Å². The van der Waals surface area contributed by atoms with Crippen LogP contribution in [-0.4, -0.2) is 36.0 Å². The summed E-state index contributed by atoms with van der Waals surface area (Å²) >= 11 is 11.8. The Hall–Kier alpha value is -2.77. The van der Waals surface area contributed by atoms with E-state index >= 15 is 0 Å². The van der Waals surface area contributed by atoms with Gasteiger partial charge in [-0.1, -0.05) is 23.2 Å². The second-order valence-electron chi connectivity index (χ2n) is 6.20. The largest absolute Gasteiger partial charge is 0.484 e. The van der Waals surface area contributed by atoms with Gasteiger partial charge in [0.25, 0.3) is 5.91 Å². The summed E-state index contributed by atoms with van der Waals surface area (Å²) in [6.45, 7) is -0.0966. The van der Waals surface area contributed by atoms with Gasteiger partial charge in [0.15, 0.2) is 6.61 Å². The molecule has 28 heavy (non-hydrogen) atoms. The van der Waals surface area contributed by atoms with Gasteiger partial charge in [-0.05, 0) is 42.5 Å². The molecule has 1 fully saturated rings. The molecule has 3 rings (SSSR count). The highest BCUT2D eigenvalue weighted by molar-refractivity contribution is 6.36. The molecule has 2 aromatic rings. The maximum Gasteiger partial charge on any atom is 0.308 e. The van der Waals surface area contributed by atoms with Crippen LogP contribution in [0.15, 0.2) is 42.5 Å². The third kappa shape index (κ3) is 4.74. The van der Waals surface area contributed by atoms with Gasteiger partial charge in [-0.15, -0.1) is 0 Å². The second kappa shape index (κ2) is 8.50. The van der Waals surface area contributed by atoms with Gasteiger partial charge in [-0.25, -0.2) is 0 Å². The molecule has 0 aromatic heterocycles. The molecule has 9 heteroatoms. The van der Waals surface area contributed by atoms with Crippen LogP contribution in [0.25, 0.3) is 0 Å². The van der Waals surface area contributed by atoms with Crippen LogP contribution in [0.3, 0.4) is 0 Å². The summed E-state index contributed by atoms with van der Waals surface area (Å²) in [5.41, 5.74) is 1.01. The number of hydrogen-bond acceptors (Lipinski definition) is 4. The number of ether oxygens (including phenoxy) is 1. The van der Waals surface area contributed by atoms with Gasteiger partial charge in [-0.2, -0.15) is 0 Å². The van der Waals surface area contributed by atoms with Crippen LogP contribution in [0, 0.1) is 5.92 Å². The zero-order valence-electron chi connectivity index (χ0n) is 14.5. The molecule has 0 aliphatic carbocycles. The van der Waals surface area contributed by atoms with Crippen LogP contribution in [0.2, 0.25) is 10.0 Å². The number of nitrogens with zero attached hydrogens (tertiary/aromatic N) is 1. The fourth-order valence-corrected chi connectivity index (χ4v) is 3.23. The molecule has 2 N–H and O–H groups in total. The summed E-state index contributed by atoms with van der Waals surface area (Å²) in [5, 5.41) is 12.5. The molecule has 0 spiro atoms. The van der Waals surface area contributed by atoms with Crippen molar-refractivity contribution in [1.82, 2.24) is 0 Å². The molecule has 2 amide bonds. The van der Waals surface area contributed by atoms with E-state index in [9.17, 15) is 14.4 Å². The maximum absolute atomic E-state index is 12.0. The molecule has 2 aromatic carbocycles. The van der Waals surface area contributed by atoms with Gasteiger partial charge in [0.05, 0.1) is 16.6 Å². The highest BCUT2D eigenvalue weighted by Crippen LogP contribution is 2.27. The van der Waals surface area contributed by atoms with E-state index in [0.717, 1.165) is 0 Å². The smallest absolute Gasteiger partial charge is 0.308 e. The molecular formula is C19H16Cl2N2O5. The van der Waals surface area contributed by atoms with Crippen molar-refractivity contribution < 1.29 is 24.2 Å². The Bertz CT molecular complexity index is 917. The monoisotopic (exact) mass is 422 g/mol. The van der Waals surface area contributed by atoms with Crippen molar-refractivity contribution in [2.75, 3.05) is 23.4 Å². The predicted molar refractivity (Wildman–Crippen MR) is 105 cm³/mol. The zero-order chi connectivity index (χ0) is 20.3. The van der Waals surface area contributed by atoms with Gasteiger partial charge in [0, 0.05) is 23.7 Å². The molecule has 0 unspecified atom stereocenters. The number of carboxylic acid groups (broad SMARTS) is 1. The number of carboxylic acids is 1. The first kappa shape index (κ1) is 20.0. The zero-order valence-corrected chi connectivity index (χ0v) is 16.0. The topological polar surface area (TPSA) is 95.9 Å². The molecule has 0 radical (unpaired) electrons. The number of rotatable bonds is 6. The lowest BCUT2D eigenvalue weighted by Gasteiger charge is -2.16. The molecular weight excluding hydrogens is 407 g/mol. The molecule has 0 saturated carbocycles. The van der Waals surface area contributed by atoms with Crippen molar-refractivity contribution in [2.24, 2.45) is 5.92 Å². The average molecular weight is 423 g/mol. The Kier molecular flexibility index (Phi) is 6.06. The molecule has 1 aliphatic rings. The molecule has 1 heterocycles. The first-order chi connectivity index (χ1) is 13.3. The second-order valence-corrected chi connectivity index (χ2v) is 7.04. The quantitative estimate of drug-likeness (QED) is 0.742. The highest BCUT2D eigenvalue weighted by Gasteiger charge is 2.34. The Morgan fingerprint density at radius 2 is 1.89 bits per heavy atom. The summed E-state index contributed by atoms with van der Waals surface area (Å²) in [4.78, 5) is 36.4. The highest BCUT2D eigenvalue weighted by atomic mass is 35.5. The van der Waals surface area contributed by atoms with Crippen molar-refractivity contribution in [1.29, 1.82) is 0 Å². The van der Waals surface area contributed by atoms with E-state index in [-0.39, 0.29) is 25.5 Å². The SMILES string of the molecule is O=C(COc1ccc(N2C[C@H](C(=O)O)CC2=O)cc1)Nc1ccc(Cl)cc1Cl. The van der Waals surface area contributed by atoms with Gasteiger partial charge in [0.1, 0.15) is 5.75 Å². The number of carbonyl (C=O) groups is 3. The van der Waals surface area contributed by atoms with Crippen molar-refractivity contribution in [2.45, 2.75) is 6.42 Å². The van der Waals surface area contributed by atoms with Gasteiger partial charge >= 0.3 is 5.97 Å². The van der Waals surface area contributed by atoms with Crippen molar-refractivity contribution >= 4 is 52.4 Å². The molecule has 7 nitrogen and oxygen atoms in total. The van der Waals surface area contributed by atoms with E-state index in [0.29, 0.717) is 27.2 Å². The Labute approximate surface area is 170 Å². The minimum atomic E-state index is -0.984. The van der Waals surface area contributed by atoms with E-state index < -0.39 is 17.8 Å². The van der Waals surface area contributed by atoms with Crippen molar-refractivity contribution in [3.05, 3.63) is 52.5 Å². The average Bonchev–Trinajstić information content (AvgIpc) is 3.05. The summed E-state index contributed by atoms with van der Waals surface area (Å²) in [6, 6.07) is 11.2. The van der Waals surface area contributed by atoms with E-state index in [1.807, 2.05) is 0 Å². The van der Waals surface area contributed by atoms with Crippen LogP contribution in [0.1, 0.15) is 6.42 Å². The summed E-state index contributed by atoms with van der Waals surface area (Å²) in [6.07, 6.45) is -0.0129. The number of benzene rings is 2. The van der Waals surface area contributed by atoms with Gasteiger partial charge < -0.3 is 20.1 Å². The first-order valence-corrected chi connectivity index (χ1v) is 9.10. The minimum Gasteiger partial charge on any atom is -0.484 e. The van der Waals surface area contributed by atoms with E-state index in [1.54, 1.807) is 36.4 Å². The van der Waals surface area contributed by atoms with Crippen LogP contribution >= 0.6 is 23.2 Å². The molecule has 1 atom stereocenters. The third-order valence-electron chi connectivity index (χ3n) is 4.20. The number of halogens is 2. The molecule has 1 aliphatic heterocycles. The number of amides is 2. The Balaban J connectivity index is 1.55. The fraction of sp³-hybridized carbons (Fsp3) is 0.211. The van der Waals surface area contributed by atoms with Crippen molar-refractivity contribution in [3.63, 3.8) is 0 Å². The van der Waals surface area contributed by atoms with Crippen molar-refractivity contribution in [3.8, 4) is 5.75 Å². The molecule has 1 saturated heterocycles. The van der Waals surface area contributed by atoms with Crippen LogP contribution in [0.5, 0.6) is 5.75 Å². The number of nitrogens with one attached hydrogen (secondary N) is 1. The summed E-state index contributed by atoms with van der Waals surface area (Å²) in [7, 11) is 0. The lowest BCUT2D eigenvalue weighted by Crippen LogP contribution is -2.25. The number of carbonyl (C=O) groups excluding carboxylic acids is 2. The van der Waals surface area contributed by atoms with E-state index in [1.165, 1.54) is 11.0 Å². The lowest BCUT2D eigenvalue weighted by atomic mass is 10.1. The maximum atomic E-state index is 12.0. The lowest BCUT2D eigenvalue weighted by molar-refractivity contribution is -0.141. The third-order valence-corrected chi connectivity index (χ3v) is 4.75. The molecule has 146 valence electrons. The van der Waals surface area contributed by atoms with Gasteiger partial charge in [-0.3, -0.25) is 14.4 Å². The molecule has 0 bridgehead atoms. The minimum absolute atomic E-state index is 0.0129.